The highest BCUT2D eigenvalue weighted by Gasteiger charge is 2.15. The third-order valence-electron chi connectivity index (χ3n) is 2.86. The zero-order chi connectivity index (χ0) is 15.1. The molecule has 0 aliphatic rings. The first kappa shape index (κ1) is 15.6. The summed E-state index contributed by atoms with van der Waals surface area (Å²) in [4.78, 5) is 4.16. The van der Waals surface area contributed by atoms with Crippen LogP contribution >= 0.6 is 0 Å². The van der Waals surface area contributed by atoms with Crippen molar-refractivity contribution < 1.29 is 8.42 Å². The van der Waals surface area contributed by atoms with Crippen molar-refractivity contribution in [3.8, 4) is 0 Å². The second-order valence-corrected chi connectivity index (χ2v) is 6.24. The summed E-state index contributed by atoms with van der Waals surface area (Å²) in [6.45, 7) is 1.69. The summed E-state index contributed by atoms with van der Waals surface area (Å²) in [5.74, 6) is 0.745. The molecule has 0 fully saturated rings. The van der Waals surface area contributed by atoms with E-state index in [1.54, 1.807) is 4.68 Å². The molecule has 9 nitrogen and oxygen atoms in total. The molecule has 0 saturated carbocycles. The van der Waals surface area contributed by atoms with Crippen LogP contribution in [0.5, 0.6) is 0 Å². The maximum absolute atomic E-state index is 12.1. The minimum Gasteiger partial charge on any atom is -0.318 e. The molecule has 0 amide bonds. The van der Waals surface area contributed by atoms with Gasteiger partial charge in [-0.2, -0.15) is 10.2 Å². The second kappa shape index (κ2) is 7.29. The predicted octanol–water partition coefficient (Wildman–Crippen LogP) is -0.868. The topological polar surface area (TPSA) is 118 Å². The average Bonchev–Trinajstić information content (AvgIpc) is 3.13. The lowest BCUT2D eigenvalue weighted by molar-refractivity contribution is 0.574. The number of hydrogen-bond acceptors (Lipinski definition) is 6. The molecule has 0 aromatic carbocycles. The molecule has 0 spiro atoms. The summed E-state index contributed by atoms with van der Waals surface area (Å²) in [5, 5.41) is 13.5. The van der Waals surface area contributed by atoms with Gasteiger partial charge in [0.2, 0.25) is 10.0 Å². The SMILES string of the molecule is CNCCn1cc(S(=O)(=O)NCCCc2ncn[nH]2)cn1. The largest absolute Gasteiger partial charge is 0.318 e. The van der Waals surface area contributed by atoms with Crippen molar-refractivity contribution in [2.75, 3.05) is 20.1 Å². The summed E-state index contributed by atoms with van der Waals surface area (Å²) in [6, 6.07) is 0. The molecule has 2 rings (SSSR count). The molecule has 0 aliphatic heterocycles. The quantitative estimate of drug-likeness (QED) is 0.518. The number of aromatic nitrogens is 5. The fraction of sp³-hybridized carbons (Fsp3) is 0.545. The van der Waals surface area contributed by atoms with E-state index in [1.165, 1.54) is 18.7 Å². The van der Waals surface area contributed by atoms with E-state index in [0.29, 0.717) is 25.9 Å². The summed E-state index contributed by atoms with van der Waals surface area (Å²) < 4.78 is 28.3. The van der Waals surface area contributed by atoms with Crippen molar-refractivity contribution in [3.63, 3.8) is 0 Å². The van der Waals surface area contributed by atoms with E-state index < -0.39 is 10.0 Å². The lowest BCUT2D eigenvalue weighted by Crippen LogP contribution is -2.25. The molecular weight excluding hydrogens is 294 g/mol. The second-order valence-electron chi connectivity index (χ2n) is 4.48. The van der Waals surface area contributed by atoms with Gasteiger partial charge in [-0.3, -0.25) is 9.78 Å². The highest BCUT2D eigenvalue weighted by molar-refractivity contribution is 7.89. The van der Waals surface area contributed by atoms with E-state index in [0.717, 1.165) is 12.4 Å². The van der Waals surface area contributed by atoms with E-state index in [1.807, 2.05) is 7.05 Å². The Labute approximate surface area is 123 Å². The number of nitrogens with zero attached hydrogens (tertiary/aromatic N) is 4. The Balaban J connectivity index is 1.82. The van der Waals surface area contributed by atoms with E-state index in [4.69, 9.17) is 0 Å². The van der Waals surface area contributed by atoms with Crippen LogP contribution in [0, 0.1) is 0 Å². The molecule has 116 valence electrons. The van der Waals surface area contributed by atoms with Crippen molar-refractivity contribution in [2.24, 2.45) is 0 Å². The van der Waals surface area contributed by atoms with E-state index in [2.05, 4.69) is 30.3 Å². The molecule has 3 N–H and O–H groups in total. The van der Waals surface area contributed by atoms with Crippen molar-refractivity contribution in [2.45, 2.75) is 24.3 Å². The summed E-state index contributed by atoms with van der Waals surface area (Å²) in [7, 11) is -1.67. The van der Waals surface area contributed by atoms with E-state index in [-0.39, 0.29) is 4.90 Å². The van der Waals surface area contributed by atoms with Crippen LogP contribution < -0.4 is 10.0 Å². The van der Waals surface area contributed by atoms with Gasteiger partial charge < -0.3 is 5.32 Å². The first-order valence-electron chi connectivity index (χ1n) is 6.63. The minimum atomic E-state index is -3.51. The predicted molar refractivity (Wildman–Crippen MR) is 76.0 cm³/mol. The molecule has 0 atom stereocenters. The highest BCUT2D eigenvalue weighted by atomic mass is 32.2. The van der Waals surface area contributed by atoms with Gasteiger partial charge in [-0.25, -0.2) is 18.1 Å². The number of H-pyrrole nitrogens is 1. The number of rotatable bonds is 9. The standard InChI is InChI=1S/C11H19N7O2S/c1-12-5-6-18-8-10(7-15-18)21(19,20)16-4-2-3-11-13-9-14-17-11/h7-9,12,16H,2-6H2,1H3,(H,13,14,17). The molecule has 21 heavy (non-hydrogen) atoms. The Kier molecular flexibility index (Phi) is 5.42. The summed E-state index contributed by atoms with van der Waals surface area (Å²) >= 11 is 0. The molecular formula is C11H19N7O2S. The lowest BCUT2D eigenvalue weighted by Gasteiger charge is -2.03. The monoisotopic (exact) mass is 313 g/mol. The average molecular weight is 313 g/mol. The van der Waals surface area contributed by atoms with Gasteiger partial charge in [-0.15, -0.1) is 0 Å². The molecule has 0 unspecified atom stereocenters. The van der Waals surface area contributed by atoms with Crippen LogP contribution in [0.1, 0.15) is 12.2 Å². The molecule has 2 heterocycles. The number of sulfonamides is 1. The Morgan fingerprint density at radius 3 is 2.95 bits per heavy atom. The van der Waals surface area contributed by atoms with E-state index in [9.17, 15) is 8.42 Å². The molecule has 10 heteroatoms. The van der Waals surface area contributed by atoms with Gasteiger partial charge in [0.25, 0.3) is 0 Å². The minimum absolute atomic E-state index is 0.179. The summed E-state index contributed by atoms with van der Waals surface area (Å²) in [5.41, 5.74) is 0. The van der Waals surface area contributed by atoms with Crippen LogP contribution in [0.15, 0.2) is 23.6 Å². The van der Waals surface area contributed by atoms with Crippen LogP contribution in [-0.2, 0) is 23.0 Å². The number of nitrogens with one attached hydrogen (secondary N) is 3. The Hall–Kier alpha value is -1.78. The van der Waals surface area contributed by atoms with Crippen molar-refractivity contribution in [3.05, 3.63) is 24.5 Å². The normalized spacial score (nSPS) is 11.9. The molecule has 0 bridgehead atoms. The molecule has 2 aromatic rings. The summed E-state index contributed by atoms with van der Waals surface area (Å²) in [6.07, 6.45) is 5.59. The van der Waals surface area contributed by atoms with Gasteiger partial charge in [-0.05, 0) is 13.5 Å². The molecule has 0 radical (unpaired) electrons. The molecule has 0 saturated heterocycles. The number of hydrogen-bond donors (Lipinski definition) is 3. The number of likely N-dealkylation sites (N-methyl/N-ethyl adjacent to an activating group) is 1. The molecule has 2 aromatic heterocycles. The van der Waals surface area contributed by atoms with Gasteiger partial charge in [0.1, 0.15) is 17.0 Å². The zero-order valence-corrected chi connectivity index (χ0v) is 12.6. The Morgan fingerprint density at radius 2 is 2.24 bits per heavy atom. The third kappa shape index (κ3) is 4.62. The Bertz CT molecular complexity index is 635. The van der Waals surface area contributed by atoms with Gasteiger partial charge in [0.05, 0.1) is 12.7 Å². The number of aromatic amines is 1. The fourth-order valence-corrected chi connectivity index (χ4v) is 2.76. The zero-order valence-electron chi connectivity index (χ0n) is 11.8. The van der Waals surface area contributed by atoms with Crippen LogP contribution in [-0.4, -0.2) is 53.5 Å². The van der Waals surface area contributed by atoms with Gasteiger partial charge in [-0.1, -0.05) is 0 Å². The van der Waals surface area contributed by atoms with Crippen LogP contribution in [0.3, 0.4) is 0 Å². The first-order valence-corrected chi connectivity index (χ1v) is 8.11. The van der Waals surface area contributed by atoms with Crippen molar-refractivity contribution in [1.29, 1.82) is 0 Å². The van der Waals surface area contributed by atoms with Gasteiger partial charge >= 0.3 is 0 Å². The fourth-order valence-electron chi connectivity index (χ4n) is 1.73. The third-order valence-corrected chi connectivity index (χ3v) is 4.27. The smallest absolute Gasteiger partial charge is 0.243 e. The maximum Gasteiger partial charge on any atom is 0.243 e. The van der Waals surface area contributed by atoms with Gasteiger partial charge in [0, 0.05) is 25.7 Å². The van der Waals surface area contributed by atoms with Crippen LogP contribution in [0.25, 0.3) is 0 Å². The maximum atomic E-state index is 12.1. The molecule has 0 aliphatic carbocycles. The van der Waals surface area contributed by atoms with Crippen molar-refractivity contribution in [1.82, 2.24) is 35.0 Å². The highest BCUT2D eigenvalue weighted by Crippen LogP contribution is 2.06. The lowest BCUT2D eigenvalue weighted by atomic mass is 10.3. The van der Waals surface area contributed by atoms with Crippen molar-refractivity contribution >= 4 is 10.0 Å². The van der Waals surface area contributed by atoms with Crippen LogP contribution in [0.4, 0.5) is 0 Å². The number of aryl methyl sites for hydroxylation is 1. The van der Waals surface area contributed by atoms with E-state index >= 15 is 0 Å². The van der Waals surface area contributed by atoms with Crippen LogP contribution in [0.2, 0.25) is 0 Å². The Morgan fingerprint density at radius 1 is 1.38 bits per heavy atom. The first-order chi connectivity index (χ1) is 10.1. The van der Waals surface area contributed by atoms with Gasteiger partial charge in [0.15, 0.2) is 0 Å².